The number of halogens is 1. The summed E-state index contributed by atoms with van der Waals surface area (Å²) in [6, 6.07) is 5.29. The number of amides is 3. The molecule has 0 aromatic heterocycles. The molecule has 0 radical (unpaired) electrons. The minimum absolute atomic E-state index is 0.0696. The van der Waals surface area contributed by atoms with Crippen molar-refractivity contribution in [2.75, 3.05) is 38.1 Å². The molecular formula is C18H24ClN3O3. The van der Waals surface area contributed by atoms with Gasteiger partial charge in [0.1, 0.15) is 0 Å². The number of urea groups is 1. The Hall–Kier alpha value is -1.79. The van der Waals surface area contributed by atoms with Gasteiger partial charge in [-0.25, -0.2) is 4.79 Å². The van der Waals surface area contributed by atoms with Gasteiger partial charge in [-0.2, -0.15) is 0 Å². The Morgan fingerprint density at radius 1 is 1.24 bits per heavy atom. The van der Waals surface area contributed by atoms with Crippen LogP contribution in [0.25, 0.3) is 0 Å². The molecule has 2 heterocycles. The van der Waals surface area contributed by atoms with Crippen LogP contribution in [-0.4, -0.2) is 60.6 Å². The van der Waals surface area contributed by atoms with Crippen LogP contribution < -0.4 is 5.32 Å². The number of nitrogens with zero attached hydrogens (tertiary/aromatic N) is 2. The number of aryl methyl sites for hydroxylation is 1. The minimum Gasteiger partial charge on any atom is -0.378 e. The quantitative estimate of drug-likeness (QED) is 0.895. The van der Waals surface area contributed by atoms with Crippen LogP contribution in [0.2, 0.25) is 5.02 Å². The Labute approximate surface area is 153 Å². The van der Waals surface area contributed by atoms with Gasteiger partial charge in [-0.05, 0) is 37.5 Å². The summed E-state index contributed by atoms with van der Waals surface area (Å²) in [5, 5.41) is 3.49. The van der Waals surface area contributed by atoms with Crippen LogP contribution >= 0.6 is 11.6 Å². The summed E-state index contributed by atoms with van der Waals surface area (Å²) in [6.07, 6.45) is 2.52. The maximum Gasteiger partial charge on any atom is 0.321 e. The van der Waals surface area contributed by atoms with E-state index in [-0.39, 0.29) is 18.0 Å². The number of rotatable bonds is 3. The van der Waals surface area contributed by atoms with Gasteiger partial charge in [0.25, 0.3) is 0 Å². The molecule has 3 rings (SSSR count). The molecular weight excluding hydrogens is 342 g/mol. The molecule has 1 aromatic carbocycles. The number of carbonyl (C=O) groups excluding carboxylic acids is 2. The van der Waals surface area contributed by atoms with Crippen LogP contribution in [-0.2, 0) is 9.53 Å². The van der Waals surface area contributed by atoms with Crippen molar-refractivity contribution in [1.29, 1.82) is 0 Å². The third kappa shape index (κ3) is 4.64. The highest BCUT2D eigenvalue weighted by atomic mass is 35.5. The van der Waals surface area contributed by atoms with Crippen molar-refractivity contribution in [2.45, 2.75) is 32.3 Å². The number of nitrogens with one attached hydrogen (secondary N) is 1. The van der Waals surface area contributed by atoms with Crippen LogP contribution in [0.4, 0.5) is 10.5 Å². The third-order valence-electron chi connectivity index (χ3n) is 4.77. The lowest BCUT2D eigenvalue weighted by Gasteiger charge is -2.35. The highest BCUT2D eigenvalue weighted by Crippen LogP contribution is 2.21. The second-order valence-corrected chi connectivity index (χ2v) is 7.01. The first kappa shape index (κ1) is 18.0. The molecule has 136 valence electrons. The number of benzene rings is 1. The van der Waals surface area contributed by atoms with E-state index in [1.165, 1.54) is 0 Å². The van der Waals surface area contributed by atoms with E-state index in [4.69, 9.17) is 16.3 Å². The zero-order valence-electron chi connectivity index (χ0n) is 14.5. The molecule has 0 bridgehead atoms. The lowest BCUT2D eigenvalue weighted by molar-refractivity contribution is -0.134. The Balaban J connectivity index is 1.46. The Bertz CT molecular complexity index is 638. The van der Waals surface area contributed by atoms with Gasteiger partial charge >= 0.3 is 6.03 Å². The summed E-state index contributed by atoms with van der Waals surface area (Å²) in [7, 11) is 0. The molecule has 2 aliphatic rings. The van der Waals surface area contributed by atoms with Crippen LogP contribution in [0.5, 0.6) is 0 Å². The molecule has 6 nitrogen and oxygen atoms in total. The average molecular weight is 366 g/mol. The second kappa shape index (κ2) is 8.06. The third-order valence-corrected chi connectivity index (χ3v) is 5.18. The van der Waals surface area contributed by atoms with E-state index in [0.29, 0.717) is 43.3 Å². The van der Waals surface area contributed by atoms with E-state index in [9.17, 15) is 9.59 Å². The number of anilines is 1. The van der Waals surface area contributed by atoms with Crippen LogP contribution in [0, 0.1) is 6.92 Å². The summed E-state index contributed by atoms with van der Waals surface area (Å²) in [5.41, 5.74) is 1.65. The van der Waals surface area contributed by atoms with E-state index in [1.807, 2.05) is 24.0 Å². The average Bonchev–Trinajstić information content (AvgIpc) is 3.11. The van der Waals surface area contributed by atoms with Gasteiger partial charge in [0.2, 0.25) is 5.91 Å². The molecule has 2 fully saturated rings. The lowest BCUT2D eigenvalue weighted by Crippen LogP contribution is -2.52. The van der Waals surface area contributed by atoms with Crippen molar-refractivity contribution in [3.63, 3.8) is 0 Å². The van der Waals surface area contributed by atoms with Crippen molar-refractivity contribution in [3.8, 4) is 0 Å². The van der Waals surface area contributed by atoms with Crippen molar-refractivity contribution in [2.24, 2.45) is 0 Å². The van der Waals surface area contributed by atoms with E-state index in [2.05, 4.69) is 5.32 Å². The summed E-state index contributed by atoms with van der Waals surface area (Å²) < 4.78 is 5.53. The van der Waals surface area contributed by atoms with Crippen molar-refractivity contribution >= 4 is 29.2 Å². The predicted molar refractivity (Wildman–Crippen MR) is 97.0 cm³/mol. The monoisotopic (exact) mass is 365 g/mol. The molecule has 2 aliphatic heterocycles. The largest absolute Gasteiger partial charge is 0.378 e. The maximum atomic E-state index is 12.4. The molecule has 25 heavy (non-hydrogen) atoms. The maximum absolute atomic E-state index is 12.4. The highest BCUT2D eigenvalue weighted by Gasteiger charge is 2.27. The molecule has 0 saturated carbocycles. The predicted octanol–water partition coefficient (Wildman–Crippen LogP) is 2.89. The number of carbonyl (C=O) groups is 2. The standard InChI is InChI=1S/C18H24ClN3O3/c1-13-4-5-14(11-16(13)19)20-18(24)22-8-6-21(7-9-22)17(23)12-15-3-2-10-25-15/h4-5,11,15H,2-3,6-10,12H2,1H3,(H,20,24)/t15-/m0/s1. The first-order chi connectivity index (χ1) is 12.0. The number of ether oxygens (including phenoxy) is 1. The van der Waals surface area contributed by atoms with Crippen molar-refractivity contribution in [1.82, 2.24) is 9.80 Å². The number of hydrogen-bond acceptors (Lipinski definition) is 3. The number of hydrogen-bond donors (Lipinski definition) is 1. The first-order valence-electron chi connectivity index (χ1n) is 8.74. The number of piperazine rings is 1. The fourth-order valence-electron chi connectivity index (χ4n) is 3.16. The fraction of sp³-hybridized carbons (Fsp3) is 0.556. The first-order valence-corrected chi connectivity index (χ1v) is 9.12. The Morgan fingerprint density at radius 3 is 2.60 bits per heavy atom. The lowest BCUT2D eigenvalue weighted by atomic mass is 10.1. The Morgan fingerprint density at radius 2 is 1.96 bits per heavy atom. The van der Waals surface area contributed by atoms with E-state index >= 15 is 0 Å². The van der Waals surface area contributed by atoms with Gasteiger partial charge in [0.15, 0.2) is 0 Å². The van der Waals surface area contributed by atoms with Crippen LogP contribution in [0.1, 0.15) is 24.8 Å². The van der Waals surface area contributed by atoms with Gasteiger partial charge in [-0.1, -0.05) is 17.7 Å². The second-order valence-electron chi connectivity index (χ2n) is 6.60. The van der Waals surface area contributed by atoms with Crippen molar-refractivity contribution < 1.29 is 14.3 Å². The molecule has 1 atom stereocenters. The normalized spacial score (nSPS) is 20.6. The summed E-state index contributed by atoms with van der Waals surface area (Å²) in [5.74, 6) is 0.122. The minimum atomic E-state index is -0.161. The summed E-state index contributed by atoms with van der Waals surface area (Å²) in [4.78, 5) is 28.2. The van der Waals surface area contributed by atoms with Crippen molar-refractivity contribution in [3.05, 3.63) is 28.8 Å². The molecule has 1 N–H and O–H groups in total. The SMILES string of the molecule is Cc1ccc(NC(=O)N2CCN(C(=O)C[C@@H]3CCCO3)CC2)cc1Cl. The molecule has 0 spiro atoms. The molecule has 3 amide bonds. The smallest absolute Gasteiger partial charge is 0.321 e. The highest BCUT2D eigenvalue weighted by molar-refractivity contribution is 6.31. The zero-order chi connectivity index (χ0) is 17.8. The molecule has 2 saturated heterocycles. The van der Waals surface area contributed by atoms with E-state index < -0.39 is 0 Å². The molecule has 0 aliphatic carbocycles. The van der Waals surface area contributed by atoms with Gasteiger partial charge in [-0.15, -0.1) is 0 Å². The van der Waals surface area contributed by atoms with Gasteiger partial charge < -0.3 is 19.9 Å². The van der Waals surface area contributed by atoms with E-state index in [0.717, 1.165) is 25.0 Å². The van der Waals surface area contributed by atoms with Gasteiger partial charge in [-0.3, -0.25) is 4.79 Å². The fourth-order valence-corrected chi connectivity index (χ4v) is 3.34. The van der Waals surface area contributed by atoms with E-state index in [1.54, 1.807) is 11.0 Å². The van der Waals surface area contributed by atoms with Gasteiger partial charge in [0.05, 0.1) is 12.5 Å². The zero-order valence-corrected chi connectivity index (χ0v) is 15.2. The molecule has 0 unspecified atom stereocenters. The Kier molecular flexibility index (Phi) is 5.81. The summed E-state index contributed by atoms with van der Waals surface area (Å²) >= 11 is 6.09. The van der Waals surface area contributed by atoms with Gasteiger partial charge in [0, 0.05) is 43.5 Å². The van der Waals surface area contributed by atoms with Crippen LogP contribution in [0.15, 0.2) is 18.2 Å². The van der Waals surface area contributed by atoms with Crippen LogP contribution in [0.3, 0.4) is 0 Å². The topological polar surface area (TPSA) is 61.9 Å². The molecule has 1 aromatic rings. The summed E-state index contributed by atoms with van der Waals surface area (Å²) in [6.45, 7) is 4.86. The molecule has 7 heteroatoms.